The molecule has 2 bridgehead atoms. The fraction of sp³-hybridized carbons (Fsp3) is 0.800. The second-order valence-corrected chi connectivity index (χ2v) is 4.02. The van der Waals surface area contributed by atoms with Crippen LogP contribution < -0.4 is 0 Å². The van der Waals surface area contributed by atoms with E-state index in [4.69, 9.17) is 0 Å². The summed E-state index contributed by atoms with van der Waals surface area (Å²) in [6, 6.07) is 0. The lowest BCUT2D eigenvalue weighted by Crippen LogP contribution is -2.28. The standard InChI is InChI=1S/C10H17NO/c1-8(12)6-9-2-4-11-5-3-10(9)7-11/h6,8,10,12H,2-5,7H2,1H3/b9-6-. The number of aliphatic hydroxyl groups excluding tert-OH is 1. The van der Waals surface area contributed by atoms with E-state index in [1.807, 2.05) is 13.0 Å². The van der Waals surface area contributed by atoms with Gasteiger partial charge in [0.2, 0.25) is 0 Å². The van der Waals surface area contributed by atoms with Gasteiger partial charge in [-0.05, 0) is 32.2 Å². The minimum Gasteiger partial charge on any atom is -0.389 e. The van der Waals surface area contributed by atoms with Crippen LogP contribution in [-0.2, 0) is 0 Å². The minimum absolute atomic E-state index is 0.257. The van der Waals surface area contributed by atoms with Crippen molar-refractivity contribution in [2.45, 2.75) is 25.9 Å². The van der Waals surface area contributed by atoms with Crippen LogP contribution in [0, 0.1) is 5.92 Å². The van der Waals surface area contributed by atoms with Crippen molar-refractivity contribution in [1.29, 1.82) is 0 Å². The van der Waals surface area contributed by atoms with Gasteiger partial charge in [-0.1, -0.05) is 11.6 Å². The molecule has 12 heavy (non-hydrogen) atoms. The van der Waals surface area contributed by atoms with Crippen LogP contribution >= 0.6 is 0 Å². The van der Waals surface area contributed by atoms with Crippen LogP contribution in [-0.4, -0.2) is 35.7 Å². The molecule has 2 rings (SSSR count). The zero-order valence-corrected chi connectivity index (χ0v) is 7.66. The lowest BCUT2D eigenvalue weighted by atomic mass is 9.92. The largest absolute Gasteiger partial charge is 0.389 e. The van der Waals surface area contributed by atoms with Gasteiger partial charge in [-0.3, -0.25) is 0 Å². The Morgan fingerprint density at radius 1 is 1.58 bits per heavy atom. The second-order valence-electron chi connectivity index (χ2n) is 4.02. The molecule has 68 valence electrons. The van der Waals surface area contributed by atoms with Gasteiger partial charge in [0.15, 0.2) is 0 Å². The molecule has 0 aromatic carbocycles. The van der Waals surface area contributed by atoms with E-state index in [0.29, 0.717) is 0 Å². The van der Waals surface area contributed by atoms with Crippen molar-refractivity contribution in [2.75, 3.05) is 19.6 Å². The molecule has 0 saturated carbocycles. The highest BCUT2D eigenvalue weighted by molar-refractivity contribution is 5.14. The molecule has 2 aliphatic heterocycles. The first kappa shape index (κ1) is 8.27. The Balaban J connectivity index is 2.07. The normalized spacial score (nSPS) is 40.3. The summed E-state index contributed by atoms with van der Waals surface area (Å²) in [4.78, 5) is 2.52. The molecule has 3 atom stereocenters. The van der Waals surface area contributed by atoms with Crippen LogP contribution in [0.1, 0.15) is 19.8 Å². The predicted octanol–water partition coefficient (Wildman–Crippen LogP) is 1.02. The number of rotatable bonds is 1. The Morgan fingerprint density at radius 3 is 3.17 bits per heavy atom. The topological polar surface area (TPSA) is 23.5 Å². The molecule has 2 fully saturated rings. The van der Waals surface area contributed by atoms with Gasteiger partial charge in [0.05, 0.1) is 6.10 Å². The number of fused-ring (bicyclic) bond motifs is 2. The van der Waals surface area contributed by atoms with Crippen molar-refractivity contribution in [3.8, 4) is 0 Å². The fourth-order valence-electron chi connectivity index (χ4n) is 2.36. The Labute approximate surface area is 73.9 Å². The van der Waals surface area contributed by atoms with Crippen LogP contribution in [0.25, 0.3) is 0 Å². The first-order valence-electron chi connectivity index (χ1n) is 4.86. The van der Waals surface area contributed by atoms with Gasteiger partial charge in [-0.25, -0.2) is 0 Å². The van der Waals surface area contributed by atoms with Crippen molar-refractivity contribution in [1.82, 2.24) is 4.90 Å². The van der Waals surface area contributed by atoms with E-state index in [2.05, 4.69) is 4.90 Å². The maximum atomic E-state index is 9.24. The molecule has 0 spiro atoms. The molecule has 3 unspecified atom stereocenters. The van der Waals surface area contributed by atoms with Crippen molar-refractivity contribution in [3.05, 3.63) is 11.6 Å². The zero-order valence-electron chi connectivity index (χ0n) is 7.66. The number of piperidine rings is 1. The van der Waals surface area contributed by atoms with Gasteiger partial charge >= 0.3 is 0 Å². The summed E-state index contributed by atoms with van der Waals surface area (Å²) in [5.74, 6) is 0.758. The molecular formula is C10H17NO. The van der Waals surface area contributed by atoms with Gasteiger partial charge in [0.1, 0.15) is 0 Å². The van der Waals surface area contributed by atoms with Gasteiger partial charge in [0, 0.05) is 13.1 Å². The Morgan fingerprint density at radius 2 is 2.42 bits per heavy atom. The first-order chi connectivity index (χ1) is 5.75. The van der Waals surface area contributed by atoms with Crippen molar-refractivity contribution < 1.29 is 5.11 Å². The molecule has 2 aliphatic rings. The Hall–Kier alpha value is -0.340. The molecule has 0 aliphatic carbocycles. The smallest absolute Gasteiger partial charge is 0.0695 e. The maximum absolute atomic E-state index is 9.24. The quantitative estimate of drug-likeness (QED) is 0.589. The van der Waals surface area contributed by atoms with E-state index in [1.54, 1.807) is 0 Å². The minimum atomic E-state index is -0.257. The highest BCUT2D eigenvalue weighted by Gasteiger charge is 2.29. The summed E-state index contributed by atoms with van der Waals surface area (Å²) in [6.07, 6.45) is 4.27. The van der Waals surface area contributed by atoms with Crippen LogP contribution in [0.5, 0.6) is 0 Å². The molecule has 0 amide bonds. The van der Waals surface area contributed by atoms with E-state index in [1.165, 1.54) is 38.0 Å². The summed E-state index contributed by atoms with van der Waals surface area (Å²) in [5, 5.41) is 9.24. The summed E-state index contributed by atoms with van der Waals surface area (Å²) in [5.41, 5.74) is 1.50. The Kier molecular flexibility index (Phi) is 2.20. The molecule has 2 saturated heterocycles. The number of hydrogen-bond donors (Lipinski definition) is 1. The molecule has 2 nitrogen and oxygen atoms in total. The van der Waals surface area contributed by atoms with Crippen LogP contribution in [0.4, 0.5) is 0 Å². The van der Waals surface area contributed by atoms with E-state index < -0.39 is 0 Å². The Bertz CT molecular complexity index is 198. The lowest BCUT2D eigenvalue weighted by molar-refractivity contribution is 0.239. The van der Waals surface area contributed by atoms with Gasteiger partial charge in [-0.15, -0.1) is 0 Å². The van der Waals surface area contributed by atoms with E-state index in [9.17, 15) is 5.11 Å². The van der Waals surface area contributed by atoms with E-state index in [-0.39, 0.29) is 6.10 Å². The predicted molar refractivity (Wildman–Crippen MR) is 48.9 cm³/mol. The summed E-state index contributed by atoms with van der Waals surface area (Å²) < 4.78 is 0. The zero-order chi connectivity index (χ0) is 8.55. The molecule has 0 aromatic rings. The van der Waals surface area contributed by atoms with Crippen molar-refractivity contribution >= 4 is 0 Å². The molecule has 2 heteroatoms. The van der Waals surface area contributed by atoms with Crippen LogP contribution in [0.2, 0.25) is 0 Å². The molecule has 0 aromatic heterocycles. The van der Waals surface area contributed by atoms with E-state index >= 15 is 0 Å². The second kappa shape index (κ2) is 3.19. The number of nitrogens with zero attached hydrogens (tertiary/aromatic N) is 1. The first-order valence-corrected chi connectivity index (χ1v) is 4.86. The monoisotopic (exact) mass is 167 g/mol. The van der Waals surface area contributed by atoms with Crippen molar-refractivity contribution in [2.24, 2.45) is 5.92 Å². The molecular weight excluding hydrogens is 150 g/mol. The van der Waals surface area contributed by atoms with E-state index in [0.717, 1.165) is 5.92 Å². The summed E-state index contributed by atoms with van der Waals surface area (Å²) >= 11 is 0. The molecule has 0 radical (unpaired) electrons. The maximum Gasteiger partial charge on any atom is 0.0695 e. The molecule has 1 N–H and O–H groups in total. The number of hydrogen-bond acceptors (Lipinski definition) is 2. The average molecular weight is 167 g/mol. The summed E-state index contributed by atoms with van der Waals surface area (Å²) in [7, 11) is 0. The van der Waals surface area contributed by atoms with Crippen LogP contribution in [0.15, 0.2) is 11.6 Å². The SMILES string of the molecule is CC(O)/C=C1/CCN2CCC1C2. The number of aliphatic hydroxyl groups is 1. The van der Waals surface area contributed by atoms with Crippen molar-refractivity contribution in [3.63, 3.8) is 0 Å². The lowest BCUT2D eigenvalue weighted by Gasteiger charge is -2.25. The van der Waals surface area contributed by atoms with Gasteiger partial charge in [-0.2, -0.15) is 0 Å². The average Bonchev–Trinajstić information content (AvgIpc) is 2.39. The highest BCUT2D eigenvalue weighted by atomic mass is 16.3. The van der Waals surface area contributed by atoms with Gasteiger partial charge in [0.25, 0.3) is 0 Å². The third-order valence-electron chi connectivity index (χ3n) is 2.97. The fourth-order valence-corrected chi connectivity index (χ4v) is 2.36. The third-order valence-corrected chi connectivity index (χ3v) is 2.97. The van der Waals surface area contributed by atoms with Gasteiger partial charge < -0.3 is 10.0 Å². The molecule has 2 heterocycles. The highest BCUT2D eigenvalue weighted by Crippen LogP contribution is 2.31. The summed E-state index contributed by atoms with van der Waals surface area (Å²) in [6.45, 7) is 5.55. The van der Waals surface area contributed by atoms with Crippen LogP contribution in [0.3, 0.4) is 0 Å². The third kappa shape index (κ3) is 1.54.